The monoisotopic (exact) mass is 339 g/mol. The van der Waals surface area contributed by atoms with E-state index in [1.54, 1.807) is 11.8 Å². The molecule has 2 aliphatic rings. The molecule has 1 amide bonds. The van der Waals surface area contributed by atoms with Crippen molar-refractivity contribution in [2.45, 2.75) is 64.6 Å². The number of carbonyl (C=O) groups is 2. The summed E-state index contributed by atoms with van der Waals surface area (Å²) in [5.74, 6) is -0.680. The van der Waals surface area contributed by atoms with Gasteiger partial charge in [-0.1, -0.05) is 6.08 Å². The highest BCUT2D eigenvalue weighted by molar-refractivity contribution is 5.83. The van der Waals surface area contributed by atoms with Crippen molar-refractivity contribution >= 4 is 11.9 Å². The predicted octanol–water partition coefficient (Wildman–Crippen LogP) is 2.42. The van der Waals surface area contributed by atoms with Gasteiger partial charge in [0, 0.05) is 18.8 Å². The molecule has 0 aromatic rings. The maximum absolute atomic E-state index is 12.3. The molecule has 0 N–H and O–H groups in total. The second-order valence-corrected chi connectivity index (χ2v) is 6.30. The summed E-state index contributed by atoms with van der Waals surface area (Å²) in [6.07, 6.45) is 7.67. The molecule has 0 spiro atoms. The van der Waals surface area contributed by atoms with Crippen LogP contribution in [0.3, 0.4) is 0 Å². The lowest BCUT2D eigenvalue weighted by molar-refractivity contribution is -0.162. The van der Waals surface area contributed by atoms with Gasteiger partial charge in [-0.3, -0.25) is 4.79 Å². The molecular formula is C18H29NO5. The smallest absolute Gasteiger partial charge is 0.335 e. The lowest BCUT2D eigenvalue weighted by atomic mass is 10.0. The zero-order chi connectivity index (χ0) is 17.4. The Hall–Kier alpha value is -1.40. The minimum absolute atomic E-state index is 0.0655. The number of hydrogen-bond donors (Lipinski definition) is 0. The van der Waals surface area contributed by atoms with E-state index in [9.17, 15) is 9.59 Å². The number of amides is 1. The van der Waals surface area contributed by atoms with Crippen LogP contribution in [0.25, 0.3) is 0 Å². The highest BCUT2D eigenvalue weighted by Gasteiger charge is 2.23. The van der Waals surface area contributed by atoms with Gasteiger partial charge in [-0.05, 0) is 52.4 Å². The van der Waals surface area contributed by atoms with Gasteiger partial charge in [0.1, 0.15) is 0 Å². The third-order valence-corrected chi connectivity index (χ3v) is 4.46. The predicted molar refractivity (Wildman–Crippen MR) is 89.3 cm³/mol. The molecule has 2 rings (SSSR count). The maximum Gasteiger partial charge on any atom is 0.335 e. The molecule has 0 aromatic heterocycles. The summed E-state index contributed by atoms with van der Waals surface area (Å²) in [5.41, 5.74) is 1.05. The largest absolute Gasteiger partial charge is 0.454 e. The Balaban J connectivity index is 1.72. The summed E-state index contributed by atoms with van der Waals surface area (Å²) in [4.78, 5) is 26.0. The van der Waals surface area contributed by atoms with Gasteiger partial charge in [0.15, 0.2) is 12.7 Å². The van der Waals surface area contributed by atoms with E-state index in [0.29, 0.717) is 13.2 Å². The van der Waals surface area contributed by atoms with E-state index < -0.39 is 12.1 Å². The van der Waals surface area contributed by atoms with Crippen molar-refractivity contribution in [1.82, 2.24) is 4.90 Å². The van der Waals surface area contributed by atoms with Crippen LogP contribution in [0.1, 0.15) is 52.4 Å². The van der Waals surface area contributed by atoms with E-state index in [2.05, 4.69) is 6.08 Å². The first-order chi connectivity index (χ1) is 11.6. The molecule has 24 heavy (non-hydrogen) atoms. The van der Waals surface area contributed by atoms with Crippen LogP contribution in [0.4, 0.5) is 0 Å². The van der Waals surface area contributed by atoms with Crippen molar-refractivity contribution in [2.24, 2.45) is 0 Å². The van der Waals surface area contributed by atoms with Crippen LogP contribution in [0.2, 0.25) is 0 Å². The van der Waals surface area contributed by atoms with Crippen molar-refractivity contribution in [2.75, 3.05) is 26.4 Å². The lowest BCUT2D eigenvalue weighted by Gasteiger charge is -2.26. The Labute approximate surface area is 144 Å². The summed E-state index contributed by atoms with van der Waals surface area (Å²) in [6.45, 7) is 5.07. The standard InChI is InChI=1S/C18H29NO5/c1-3-19(15-8-5-4-6-9-15)17(20)13-24-18(21)14(2)23-12-16-10-7-11-22-16/h8,14,16H,3-7,9-13H2,1-2H3. The molecule has 6 nitrogen and oxygen atoms in total. The summed E-state index contributed by atoms with van der Waals surface area (Å²) in [7, 11) is 0. The van der Waals surface area contributed by atoms with E-state index >= 15 is 0 Å². The lowest BCUT2D eigenvalue weighted by Crippen LogP contribution is -2.36. The number of carbonyl (C=O) groups excluding carboxylic acids is 2. The van der Waals surface area contributed by atoms with Crippen LogP contribution < -0.4 is 0 Å². The Morgan fingerprint density at radius 2 is 2.21 bits per heavy atom. The molecule has 1 aliphatic carbocycles. The fraction of sp³-hybridized carbons (Fsp3) is 0.778. The van der Waals surface area contributed by atoms with Crippen LogP contribution in [0.15, 0.2) is 11.8 Å². The molecule has 0 aromatic carbocycles. The Morgan fingerprint density at radius 3 is 2.83 bits per heavy atom. The van der Waals surface area contributed by atoms with Crippen molar-refractivity contribution in [1.29, 1.82) is 0 Å². The van der Waals surface area contributed by atoms with E-state index in [0.717, 1.165) is 44.4 Å². The Morgan fingerprint density at radius 1 is 1.38 bits per heavy atom. The van der Waals surface area contributed by atoms with Crippen molar-refractivity contribution < 1.29 is 23.8 Å². The molecular weight excluding hydrogens is 310 g/mol. The maximum atomic E-state index is 12.3. The third kappa shape index (κ3) is 5.60. The molecule has 1 fully saturated rings. The molecule has 0 bridgehead atoms. The van der Waals surface area contributed by atoms with Gasteiger partial charge in [-0.15, -0.1) is 0 Å². The minimum atomic E-state index is -0.689. The van der Waals surface area contributed by atoms with Crippen LogP contribution in [-0.4, -0.2) is 55.3 Å². The second-order valence-electron chi connectivity index (χ2n) is 6.30. The molecule has 1 aliphatic heterocycles. The molecule has 1 saturated heterocycles. The zero-order valence-corrected chi connectivity index (χ0v) is 14.8. The molecule has 0 radical (unpaired) electrons. The van der Waals surface area contributed by atoms with Crippen molar-refractivity contribution in [3.05, 3.63) is 11.8 Å². The first-order valence-corrected chi connectivity index (χ1v) is 9.01. The van der Waals surface area contributed by atoms with Crippen LogP contribution >= 0.6 is 0 Å². The van der Waals surface area contributed by atoms with Gasteiger partial charge in [0.2, 0.25) is 0 Å². The summed E-state index contributed by atoms with van der Waals surface area (Å²) < 4.78 is 16.1. The fourth-order valence-corrected chi connectivity index (χ4v) is 3.03. The van der Waals surface area contributed by atoms with Crippen LogP contribution in [0, 0.1) is 0 Å². The fourth-order valence-electron chi connectivity index (χ4n) is 3.03. The number of nitrogens with zero attached hydrogens (tertiary/aromatic N) is 1. The number of ether oxygens (including phenoxy) is 3. The average molecular weight is 339 g/mol. The third-order valence-electron chi connectivity index (χ3n) is 4.46. The molecule has 136 valence electrons. The van der Waals surface area contributed by atoms with E-state index in [1.165, 1.54) is 6.42 Å². The van der Waals surface area contributed by atoms with Gasteiger partial charge < -0.3 is 19.1 Å². The quantitative estimate of drug-likeness (QED) is 0.636. The second kappa shape index (κ2) is 9.79. The molecule has 0 saturated carbocycles. The number of likely N-dealkylation sites (N-methyl/N-ethyl adjacent to an activating group) is 1. The van der Waals surface area contributed by atoms with E-state index in [4.69, 9.17) is 14.2 Å². The van der Waals surface area contributed by atoms with Gasteiger partial charge in [-0.2, -0.15) is 0 Å². The molecule has 2 atom stereocenters. The van der Waals surface area contributed by atoms with Gasteiger partial charge in [-0.25, -0.2) is 4.79 Å². The SMILES string of the molecule is CCN(C(=O)COC(=O)C(C)OCC1CCCO1)C1=CCCCC1. The summed E-state index contributed by atoms with van der Waals surface area (Å²) in [6, 6.07) is 0. The van der Waals surface area contributed by atoms with E-state index in [1.807, 2.05) is 6.92 Å². The van der Waals surface area contributed by atoms with Crippen LogP contribution in [0.5, 0.6) is 0 Å². The van der Waals surface area contributed by atoms with Gasteiger partial charge in [0.05, 0.1) is 12.7 Å². The first-order valence-electron chi connectivity index (χ1n) is 9.01. The van der Waals surface area contributed by atoms with Gasteiger partial charge in [0.25, 0.3) is 5.91 Å². The number of rotatable bonds is 8. The summed E-state index contributed by atoms with van der Waals surface area (Å²) >= 11 is 0. The van der Waals surface area contributed by atoms with Crippen molar-refractivity contribution in [3.63, 3.8) is 0 Å². The number of esters is 1. The molecule has 6 heteroatoms. The number of allylic oxidation sites excluding steroid dienone is 2. The topological polar surface area (TPSA) is 65.1 Å². The molecule has 1 heterocycles. The van der Waals surface area contributed by atoms with Crippen LogP contribution in [-0.2, 0) is 23.8 Å². The normalized spacial score (nSPS) is 21.9. The minimum Gasteiger partial charge on any atom is -0.454 e. The van der Waals surface area contributed by atoms with Gasteiger partial charge >= 0.3 is 5.97 Å². The Kier molecular flexibility index (Phi) is 7.72. The summed E-state index contributed by atoms with van der Waals surface area (Å²) in [5, 5.41) is 0. The van der Waals surface area contributed by atoms with Crippen molar-refractivity contribution in [3.8, 4) is 0 Å². The Bertz CT molecular complexity index is 456. The zero-order valence-electron chi connectivity index (χ0n) is 14.8. The highest BCUT2D eigenvalue weighted by Crippen LogP contribution is 2.21. The highest BCUT2D eigenvalue weighted by atomic mass is 16.6. The average Bonchev–Trinajstić information content (AvgIpc) is 3.12. The van der Waals surface area contributed by atoms with E-state index in [-0.39, 0.29) is 18.6 Å². The first kappa shape index (κ1) is 18.9. The molecule has 2 unspecified atom stereocenters. The number of hydrogen-bond acceptors (Lipinski definition) is 5.